The average Bonchev–Trinajstić information content (AvgIpc) is 2.85. The van der Waals surface area contributed by atoms with Gasteiger partial charge in [0.05, 0.1) is 19.3 Å². The van der Waals surface area contributed by atoms with Crippen molar-refractivity contribution in [2.45, 2.75) is 6.04 Å². The van der Waals surface area contributed by atoms with Crippen LogP contribution in [0.4, 0.5) is 4.39 Å². The van der Waals surface area contributed by atoms with Crippen LogP contribution in [-0.4, -0.2) is 62.3 Å². The largest absolute Gasteiger partial charge is 0.491 e. The zero-order valence-corrected chi connectivity index (χ0v) is 18.4. The Kier molecular flexibility index (Phi) is 8.26. The second-order valence-electron chi connectivity index (χ2n) is 8.02. The molecule has 0 radical (unpaired) electrons. The van der Waals surface area contributed by atoms with E-state index < -0.39 is 0 Å². The van der Waals surface area contributed by atoms with E-state index >= 15 is 0 Å². The van der Waals surface area contributed by atoms with Crippen LogP contribution >= 0.6 is 0 Å². The van der Waals surface area contributed by atoms with Gasteiger partial charge in [0.2, 0.25) is 0 Å². The van der Waals surface area contributed by atoms with E-state index in [0.29, 0.717) is 31.6 Å². The van der Waals surface area contributed by atoms with Crippen LogP contribution in [0.25, 0.3) is 0 Å². The molecule has 168 valence electrons. The van der Waals surface area contributed by atoms with Crippen molar-refractivity contribution in [3.8, 4) is 5.75 Å². The lowest BCUT2D eigenvalue weighted by molar-refractivity contribution is 0.0556. The molecule has 1 aliphatic rings. The number of hydrogen-bond acceptors (Lipinski definition) is 4. The zero-order chi connectivity index (χ0) is 22.0. The van der Waals surface area contributed by atoms with Crippen molar-refractivity contribution in [1.29, 1.82) is 0 Å². The molecule has 32 heavy (non-hydrogen) atoms. The fourth-order valence-electron chi connectivity index (χ4n) is 4.17. The Balaban J connectivity index is 1.20. The maximum atomic E-state index is 12.9. The normalized spacial score (nSPS) is 15.2. The van der Waals surface area contributed by atoms with Gasteiger partial charge in [-0.05, 0) is 35.4 Å². The van der Waals surface area contributed by atoms with E-state index in [-0.39, 0.29) is 5.82 Å². The van der Waals surface area contributed by atoms with Crippen LogP contribution in [0.2, 0.25) is 0 Å². The molecule has 5 heteroatoms. The minimum atomic E-state index is -0.257. The van der Waals surface area contributed by atoms with Crippen LogP contribution in [0, 0.1) is 5.82 Å². The van der Waals surface area contributed by atoms with Crippen molar-refractivity contribution in [2.75, 3.05) is 52.5 Å². The maximum absolute atomic E-state index is 12.9. The Labute approximate surface area is 190 Å². The van der Waals surface area contributed by atoms with Gasteiger partial charge in [0.1, 0.15) is 18.2 Å². The highest BCUT2D eigenvalue weighted by Gasteiger charge is 2.26. The van der Waals surface area contributed by atoms with Gasteiger partial charge in [0, 0.05) is 32.7 Å². The van der Waals surface area contributed by atoms with Gasteiger partial charge < -0.3 is 9.47 Å². The predicted molar refractivity (Wildman–Crippen MR) is 125 cm³/mol. The number of ether oxygens (including phenoxy) is 2. The summed E-state index contributed by atoms with van der Waals surface area (Å²) in [6.45, 7) is 6.73. The first kappa shape index (κ1) is 22.5. The lowest BCUT2D eigenvalue weighted by Gasteiger charge is -2.39. The third-order valence-electron chi connectivity index (χ3n) is 5.86. The van der Waals surface area contributed by atoms with Crippen LogP contribution in [0.15, 0.2) is 84.9 Å². The lowest BCUT2D eigenvalue weighted by Crippen LogP contribution is -2.48. The molecule has 4 nitrogen and oxygen atoms in total. The molecule has 0 aromatic heterocycles. The second kappa shape index (κ2) is 11.8. The van der Waals surface area contributed by atoms with Gasteiger partial charge in [-0.1, -0.05) is 60.7 Å². The van der Waals surface area contributed by atoms with E-state index in [2.05, 4.69) is 70.5 Å². The molecule has 3 aromatic rings. The molecule has 0 N–H and O–H groups in total. The van der Waals surface area contributed by atoms with E-state index in [0.717, 1.165) is 32.7 Å². The standard InChI is InChI=1S/C27H31FN2O2/c28-25-11-13-26(14-12-25)32-22-21-31-20-19-29-15-17-30(18-16-29)27(23-7-3-1-4-8-23)24-9-5-2-6-10-24/h1-14,27H,15-22H2. The number of hydrogen-bond donors (Lipinski definition) is 0. The van der Waals surface area contributed by atoms with E-state index in [1.54, 1.807) is 12.1 Å². The summed E-state index contributed by atoms with van der Waals surface area (Å²) in [5.41, 5.74) is 2.69. The molecular formula is C27H31FN2O2. The number of nitrogens with zero attached hydrogens (tertiary/aromatic N) is 2. The molecule has 0 bridgehead atoms. The minimum Gasteiger partial charge on any atom is -0.491 e. The van der Waals surface area contributed by atoms with Crippen molar-refractivity contribution in [2.24, 2.45) is 0 Å². The molecule has 4 rings (SSSR count). The summed E-state index contributed by atoms with van der Waals surface area (Å²) in [5, 5.41) is 0. The van der Waals surface area contributed by atoms with Gasteiger partial charge >= 0.3 is 0 Å². The Hall–Kier alpha value is -2.73. The van der Waals surface area contributed by atoms with Gasteiger partial charge in [0.15, 0.2) is 0 Å². The van der Waals surface area contributed by atoms with Gasteiger partial charge in [-0.15, -0.1) is 0 Å². The molecule has 1 fully saturated rings. The second-order valence-corrected chi connectivity index (χ2v) is 8.02. The van der Waals surface area contributed by atoms with Gasteiger partial charge in [-0.2, -0.15) is 0 Å². The highest BCUT2D eigenvalue weighted by Crippen LogP contribution is 2.29. The highest BCUT2D eigenvalue weighted by atomic mass is 19.1. The first-order chi connectivity index (χ1) is 15.8. The Morgan fingerprint density at radius 1 is 0.688 bits per heavy atom. The summed E-state index contributed by atoms with van der Waals surface area (Å²) < 4.78 is 24.2. The average molecular weight is 435 g/mol. The quantitative estimate of drug-likeness (QED) is 0.435. The Bertz CT molecular complexity index is 874. The van der Waals surface area contributed by atoms with E-state index in [4.69, 9.17) is 9.47 Å². The zero-order valence-electron chi connectivity index (χ0n) is 18.4. The van der Waals surface area contributed by atoms with E-state index in [1.165, 1.54) is 23.3 Å². The van der Waals surface area contributed by atoms with Crippen LogP contribution in [0.1, 0.15) is 17.2 Å². The Morgan fingerprint density at radius 2 is 1.28 bits per heavy atom. The summed E-state index contributed by atoms with van der Waals surface area (Å²) in [6.07, 6.45) is 0. The summed E-state index contributed by atoms with van der Waals surface area (Å²) in [6, 6.07) is 27.9. The molecule has 0 aliphatic carbocycles. The van der Waals surface area contributed by atoms with Gasteiger partial charge in [-0.25, -0.2) is 4.39 Å². The van der Waals surface area contributed by atoms with E-state index in [9.17, 15) is 4.39 Å². The molecule has 0 spiro atoms. The first-order valence-corrected chi connectivity index (χ1v) is 11.3. The third kappa shape index (κ3) is 6.39. The molecule has 1 aliphatic heterocycles. The minimum absolute atomic E-state index is 0.257. The Morgan fingerprint density at radius 3 is 1.88 bits per heavy atom. The molecular weight excluding hydrogens is 403 g/mol. The predicted octanol–water partition coefficient (Wildman–Crippen LogP) is 4.63. The van der Waals surface area contributed by atoms with E-state index in [1.807, 2.05) is 0 Å². The number of rotatable bonds is 10. The van der Waals surface area contributed by atoms with Crippen LogP contribution in [-0.2, 0) is 4.74 Å². The summed E-state index contributed by atoms with van der Waals surface area (Å²) in [7, 11) is 0. The SMILES string of the molecule is Fc1ccc(OCCOCCN2CCN(C(c3ccccc3)c3ccccc3)CC2)cc1. The van der Waals surface area contributed by atoms with Gasteiger partial charge in [0.25, 0.3) is 0 Å². The third-order valence-corrected chi connectivity index (χ3v) is 5.86. The summed E-state index contributed by atoms with van der Waals surface area (Å²) in [5.74, 6) is 0.407. The lowest BCUT2D eigenvalue weighted by atomic mass is 9.96. The molecule has 1 heterocycles. The first-order valence-electron chi connectivity index (χ1n) is 11.3. The summed E-state index contributed by atoms with van der Waals surface area (Å²) in [4.78, 5) is 5.04. The summed E-state index contributed by atoms with van der Waals surface area (Å²) >= 11 is 0. The highest BCUT2D eigenvalue weighted by molar-refractivity contribution is 5.32. The van der Waals surface area contributed by atoms with Crippen molar-refractivity contribution in [3.63, 3.8) is 0 Å². The van der Waals surface area contributed by atoms with Gasteiger partial charge in [-0.3, -0.25) is 9.80 Å². The molecule has 0 saturated carbocycles. The topological polar surface area (TPSA) is 24.9 Å². The molecule has 0 atom stereocenters. The van der Waals surface area contributed by atoms with Crippen molar-refractivity contribution < 1.29 is 13.9 Å². The molecule has 1 saturated heterocycles. The molecule has 0 amide bonds. The van der Waals surface area contributed by atoms with Crippen LogP contribution < -0.4 is 4.74 Å². The fraction of sp³-hybridized carbons (Fsp3) is 0.333. The monoisotopic (exact) mass is 434 g/mol. The molecule has 0 unspecified atom stereocenters. The van der Waals surface area contributed by atoms with Crippen molar-refractivity contribution in [1.82, 2.24) is 9.80 Å². The fourth-order valence-corrected chi connectivity index (χ4v) is 4.17. The van der Waals surface area contributed by atoms with Crippen molar-refractivity contribution in [3.05, 3.63) is 102 Å². The van der Waals surface area contributed by atoms with Crippen LogP contribution in [0.5, 0.6) is 5.75 Å². The molecule has 3 aromatic carbocycles. The smallest absolute Gasteiger partial charge is 0.123 e. The van der Waals surface area contributed by atoms with Crippen molar-refractivity contribution >= 4 is 0 Å². The number of piperazine rings is 1. The number of benzene rings is 3. The maximum Gasteiger partial charge on any atom is 0.123 e. The number of halogens is 1. The van der Waals surface area contributed by atoms with Crippen LogP contribution in [0.3, 0.4) is 0 Å².